The number of rotatable bonds is 5. The fourth-order valence-electron chi connectivity index (χ4n) is 2.01. The minimum absolute atomic E-state index is 0.0116. The van der Waals surface area contributed by atoms with Gasteiger partial charge in [-0.2, -0.15) is 0 Å². The van der Waals surface area contributed by atoms with E-state index in [1.165, 1.54) is 0 Å². The molecule has 2 aromatic carbocycles. The summed E-state index contributed by atoms with van der Waals surface area (Å²) in [4.78, 5) is 12.2. The largest absolute Gasteiger partial charge is 0.489 e. The second-order valence-electron chi connectivity index (χ2n) is 5.54. The first-order valence-electron chi connectivity index (χ1n) is 7.31. The Morgan fingerprint density at radius 1 is 1.09 bits per heavy atom. The van der Waals surface area contributed by atoms with Crippen molar-refractivity contribution in [1.82, 2.24) is 0 Å². The number of ketones is 1. The maximum atomic E-state index is 12.2. The van der Waals surface area contributed by atoms with E-state index in [9.17, 15) is 4.79 Å². The molecule has 0 fully saturated rings. The van der Waals surface area contributed by atoms with Crippen LogP contribution in [-0.2, 0) is 0 Å². The number of carbonyl (C=O) groups is 1. The summed E-state index contributed by atoms with van der Waals surface area (Å²) in [5.41, 5.74) is 2.85. The van der Waals surface area contributed by atoms with Crippen LogP contribution >= 0.6 is 45.2 Å². The lowest BCUT2D eigenvalue weighted by molar-refractivity contribution is 0.104. The van der Waals surface area contributed by atoms with Crippen LogP contribution in [0.4, 0.5) is 0 Å². The topological polar surface area (TPSA) is 26.3 Å². The molecule has 0 spiro atoms. The van der Waals surface area contributed by atoms with Gasteiger partial charge >= 0.3 is 0 Å². The van der Waals surface area contributed by atoms with Crippen molar-refractivity contribution in [2.24, 2.45) is 0 Å². The van der Waals surface area contributed by atoms with Crippen molar-refractivity contribution >= 4 is 57.0 Å². The van der Waals surface area contributed by atoms with Gasteiger partial charge in [-0.3, -0.25) is 4.79 Å². The fraction of sp³-hybridized carbons (Fsp3) is 0.211. The molecule has 2 nitrogen and oxygen atoms in total. The van der Waals surface area contributed by atoms with E-state index in [0.29, 0.717) is 5.56 Å². The summed E-state index contributed by atoms with van der Waals surface area (Å²) in [6.45, 7) is 6.04. The molecule has 0 saturated carbocycles. The van der Waals surface area contributed by atoms with Crippen molar-refractivity contribution in [3.63, 3.8) is 0 Å². The van der Waals surface area contributed by atoms with Crippen LogP contribution in [0.5, 0.6) is 5.75 Å². The van der Waals surface area contributed by atoms with Gasteiger partial charge in [0.15, 0.2) is 5.78 Å². The summed E-state index contributed by atoms with van der Waals surface area (Å²) >= 11 is 4.54. The number of ether oxygens (including phenoxy) is 1. The number of halogens is 2. The molecule has 0 amide bonds. The standard InChI is InChI=1S/C19H18I2O2/c1-12(2)23-19-16(20)10-14(11-17(19)21)6-9-18(22)15-7-4-13(3)5-8-15/h4-12H,1-3H3/b9-6+. The first-order valence-corrected chi connectivity index (χ1v) is 9.47. The summed E-state index contributed by atoms with van der Waals surface area (Å²) in [5.74, 6) is 0.917. The molecule has 0 bridgehead atoms. The van der Waals surface area contributed by atoms with E-state index in [1.807, 2.05) is 63.2 Å². The Bertz CT molecular complexity index is 709. The average Bonchev–Trinajstić information content (AvgIpc) is 2.49. The van der Waals surface area contributed by atoms with Gasteiger partial charge in [-0.05, 0) is 89.7 Å². The van der Waals surface area contributed by atoms with Crippen LogP contribution in [0.3, 0.4) is 0 Å². The minimum atomic E-state index is 0.0116. The highest BCUT2D eigenvalue weighted by atomic mass is 127. The van der Waals surface area contributed by atoms with Crippen LogP contribution in [0.1, 0.15) is 35.3 Å². The molecule has 23 heavy (non-hydrogen) atoms. The van der Waals surface area contributed by atoms with Gasteiger partial charge in [-0.25, -0.2) is 0 Å². The van der Waals surface area contributed by atoms with Crippen LogP contribution < -0.4 is 4.74 Å². The molecule has 2 rings (SSSR count). The number of aryl methyl sites for hydroxylation is 1. The normalized spacial score (nSPS) is 11.2. The zero-order valence-corrected chi connectivity index (χ0v) is 17.6. The maximum Gasteiger partial charge on any atom is 0.185 e. The van der Waals surface area contributed by atoms with Crippen molar-refractivity contribution in [2.45, 2.75) is 26.9 Å². The molecule has 4 heteroatoms. The summed E-state index contributed by atoms with van der Waals surface area (Å²) in [6, 6.07) is 11.7. The quantitative estimate of drug-likeness (QED) is 0.273. The van der Waals surface area contributed by atoms with Crippen molar-refractivity contribution in [1.29, 1.82) is 0 Å². The number of allylic oxidation sites excluding steroid dienone is 1. The molecule has 0 aliphatic carbocycles. The molecule has 120 valence electrons. The highest BCUT2D eigenvalue weighted by Gasteiger charge is 2.10. The molecule has 0 aliphatic heterocycles. The number of benzene rings is 2. The molecule has 0 radical (unpaired) electrons. The monoisotopic (exact) mass is 532 g/mol. The number of hydrogen-bond donors (Lipinski definition) is 0. The highest BCUT2D eigenvalue weighted by Crippen LogP contribution is 2.30. The number of carbonyl (C=O) groups excluding carboxylic acids is 1. The highest BCUT2D eigenvalue weighted by molar-refractivity contribution is 14.1. The Morgan fingerprint density at radius 2 is 1.65 bits per heavy atom. The van der Waals surface area contributed by atoms with Crippen LogP contribution in [0.15, 0.2) is 42.5 Å². The lowest BCUT2D eigenvalue weighted by atomic mass is 10.1. The fourth-order valence-corrected chi connectivity index (χ4v) is 4.08. The summed E-state index contributed by atoms with van der Waals surface area (Å²) in [6.07, 6.45) is 3.61. The van der Waals surface area contributed by atoms with Gasteiger partial charge in [0.25, 0.3) is 0 Å². The predicted octanol–water partition coefficient (Wildman–Crippen LogP) is 5.89. The zero-order chi connectivity index (χ0) is 17.0. The molecule has 0 saturated heterocycles. The number of hydrogen-bond acceptors (Lipinski definition) is 2. The molecule has 0 atom stereocenters. The molecule has 2 aromatic rings. The van der Waals surface area contributed by atoms with E-state index < -0.39 is 0 Å². The molecule has 0 heterocycles. The van der Waals surface area contributed by atoms with Crippen molar-refractivity contribution < 1.29 is 9.53 Å². The second-order valence-corrected chi connectivity index (χ2v) is 7.87. The molecular weight excluding hydrogens is 514 g/mol. The van der Waals surface area contributed by atoms with Crippen molar-refractivity contribution in [3.8, 4) is 5.75 Å². The molecule has 0 N–H and O–H groups in total. The van der Waals surface area contributed by atoms with Crippen molar-refractivity contribution in [2.75, 3.05) is 0 Å². The Balaban J connectivity index is 2.19. The SMILES string of the molecule is Cc1ccc(C(=O)/C=C/c2cc(I)c(OC(C)C)c(I)c2)cc1. The lowest BCUT2D eigenvalue weighted by Crippen LogP contribution is -2.08. The van der Waals surface area contributed by atoms with Crippen LogP contribution in [-0.4, -0.2) is 11.9 Å². The molecule has 0 aromatic heterocycles. The van der Waals surface area contributed by atoms with E-state index in [2.05, 4.69) is 45.2 Å². The van der Waals surface area contributed by atoms with Gasteiger partial charge in [0, 0.05) is 5.56 Å². The van der Waals surface area contributed by atoms with Crippen LogP contribution in [0.2, 0.25) is 0 Å². The van der Waals surface area contributed by atoms with Gasteiger partial charge in [0.2, 0.25) is 0 Å². The molecule has 0 aliphatic rings. The van der Waals surface area contributed by atoms with Crippen LogP contribution in [0.25, 0.3) is 6.08 Å². The third-order valence-corrected chi connectivity index (χ3v) is 4.74. The predicted molar refractivity (Wildman–Crippen MR) is 112 cm³/mol. The average molecular weight is 532 g/mol. The van der Waals surface area contributed by atoms with Gasteiger partial charge < -0.3 is 4.74 Å². The van der Waals surface area contributed by atoms with E-state index in [1.54, 1.807) is 6.08 Å². The third kappa shape index (κ3) is 5.31. The summed E-state index contributed by atoms with van der Waals surface area (Å²) < 4.78 is 7.92. The van der Waals surface area contributed by atoms with Gasteiger partial charge in [-0.1, -0.05) is 35.9 Å². The van der Waals surface area contributed by atoms with Gasteiger partial charge in [-0.15, -0.1) is 0 Å². The Morgan fingerprint density at radius 3 is 2.17 bits per heavy atom. The lowest BCUT2D eigenvalue weighted by Gasteiger charge is -2.14. The van der Waals surface area contributed by atoms with E-state index in [-0.39, 0.29) is 11.9 Å². The summed E-state index contributed by atoms with van der Waals surface area (Å²) in [7, 11) is 0. The Hall–Kier alpha value is -0.890. The van der Waals surface area contributed by atoms with Gasteiger partial charge in [0.05, 0.1) is 13.2 Å². The Kier molecular flexibility index (Phi) is 6.64. The second kappa shape index (κ2) is 8.28. The zero-order valence-electron chi connectivity index (χ0n) is 13.3. The van der Waals surface area contributed by atoms with Crippen LogP contribution in [0, 0.1) is 14.1 Å². The minimum Gasteiger partial charge on any atom is -0.489 e. The summed E-state index contributed by atoms with van der Waals surface area (Å²) in [5, 5.41) is 0. The van der Waals surface area contributed by atoms with Crippen molar-refractivity contribution in [3.05, 3.63) is 66.3 Å². The maximum absolute atomic E-state index is 12.2. The van der Waals surface area contributed by atoms with Gasteiger partial charge in [0.1, 0.15) is 5.75 Å². The first-order chi connectivity index (χ1) is 10.9. The molecule has 0 unspecified atom stereocenters. The Labute approximate surface area is 164 Å². The molecular formula is C19H18I2O2. The first kappa shape index (κ1) is 18.4. The third-order valence-electron chi connectivity index (χ3n) is 3.14. The van der Waals surface area contributed by atoms with E-state index in [0.717, 1.165) is 24.0 Å². The van der Waals surface area contributed by atoms with E-state index >= 15 is 0 Å². The van der Waals surface area contributed by atoms with E-state index in [4.69, 9.17) is 4.74 Å². The smallest absolute Gasteiger partial charge is 0.185 e.